The molecule has 13 nitrogen and oxygen atoms in total. The van der Waals surface area contributed by atoms with E-state index in [0.717, 1.165) is 13.8 Å². The summed E-state index contributed by atoms with van der Waals surface area (Å²) in [5.41, 5.74) is 0.610. The number of nitrogens with zero attached hydrogens (tertiary/aromatic N) is 4. The lowest BCUT2D eigenvalue weighted by molar-refractivity contribution is -0.194. The SMILES string of the molecule is CC(=O)OC[C@H]1O[C@H](n2cnc3c(Cl)ncnc32)C[C@H](OC(C)=O)[C@H](OC(C)=O)[C@@H]1OC(C)=O. The Morgan fingerprint density at radius 3 is 2.24 bits per heavy atom. The molecule has 3 heterocycles. The second kappa shape index (κ2) is 10.7. The molecule has 1 saturated heterocycles. The van der Waals surface area contributed by atoms with Crippen LogP contribution >= 0.6 is 11.6 Å². The fourth-order valence-corrected chi connectivity index (χ4v) is 3.81. The predicted molar refractivity (Wildman–Crippen MR) is 112 cm³/mol. The second-order valence-electron chi connectivity index (χ2n) is 7.45. The summed E-state index contributed by atoms with van der Waals surface area (Å²) >= 11 is 6.10. The molecule has 0 aromatic carbocycles. The number of hydrogen-bond donors (Lipinski definition) is 0. The molecule has 1 aliphatic rings. The summed E-state index contributed by atoms with van der Waals surface area (Å²) in [4.78, 5) is 59.5. The van der Waals surface area contributed by atoms with Gasteiger partial charge >= 0.3 is 23.9 Å². The Labute approximate surface area is 198 Å². The summed E-state index contributed by atoms with van der Waals surface area (Å²) in [6.07, 6.45) is -3.10. The molecule has 0 aliphatic carbocycles. The van der Waals surface area contributed by atoms with Crippen molar-refractivity contribution >= 4 is 46.6 Å². The van der Waals surface area contributed by atoms with Gasteiger partial charge in [-0.25, -0.2) is 15.0 Å². The summed E-state index contributed by atoms with van der Waals surface area (Å²) in [5, 5.41) is 0.112. The minimum Gasteiger partial charge on any atom is -0.463 e. The van der Waals surface area contributed by atoms with Crippen molar-refractivity contribution in [3.05, 3.63) is 17.8 Å². The fourth-order valence-electron chi connectivity index (χ4n) is 3.64. The molecular weight excluding hydrogens is 476 g/mol. The number of rotatable bonds is 6. The number of carbonyl (C=O) groups excluding carboxylic acids is 4. The van der Waals surface area contributed by atoms with Crippen molar-refractivity contribution < 1.29 is 42.9 Å². The lowest BCUT2D eigenvalue weighted by Crippen LogP contribution is -2.50. The molecule has 184 valence electrons. The van der Waals surface area contributed by atoms with Crippen molar-refractivity contribution in [2.24, 2.45) is 0 Å². The zero-order valence-corrected chi connectivity index (χ0v) is 19.6. The van der Waals surface area contributed by atoms with Crippen molar-refractivity contribution in [1.82, 2.24) is 19.5 Å². The molecule has 34 heavy (non-hydrogen) atoms. The first-order chi connectivity index (χ1) is 16.1. The number of imidazole rings is 1. The maximum atomic E-state index is 11.9. The topological polar surface area (TPSA) is 158 Å². The van der Waals surface area contributed by atoms with Gasteiger partial charge in [-0.05, 0) is 0 Å². The van der Waals surface area contributed by atoms with Gasteiger partial charge in [0.1, 0.15) is 36.9 Å². The van der Waals surface area contributed by atoms with Crippen LogP contribution in [0.15, 0.2) is 12.7 Å². The van der Waals surface area contributed by atoms with Gasteiger partial charge in [0.15, 0.2) is 23.0 Å². The normalized spacial score (nSPS) is 24.7. The molecular formula is C20H23ClN4O9. The summed E-state index contributed by atoms with van der Waals surface area (Å²) in [6.45, 7) is 4.34. The first-order valence-corrected chi connectivity index (χ1v) is 10.6. The van der Waals surface area contributed by atoms with Crippen LogP contribution in [-0.4, -0.2) is 74.4 Å². The Morgan fingerprint density at radius 1 is 0.971 bits per heavy atom. The molecule has 0 unspecified atom stereocenters. The van der Waals surface area contributed by atoms with E-state index < -0.39 is 54.5 Å². The Balaban J connectivity index is 2.11. The molecule has 1 fully saturated rings. The molecule has 0 radical (unpaired) electrons. The molecule has 1 aliphatic heterocycles. The third kappa shape index (κ3) is 5.97. The first kappa shape index (κ1) is 25.3. The van der Waals surface area contributed by atoms with E-state index in [9.17, 15) is 19.2 Å². The van der Waals surface area contributed by atoms with E-state index in [0.29, 0.717) is 11.2 Å². The first-order valence-electron chi connectivity index (χ1n) is 10.2. The van der Waals surface area contributed by atoms with Gasteiger partial charge in [-0.1, -0.05) is 11.6 Å². The van der Waals surface area contributed by atoms with Crippen molar-refractivity contribution in [3.8, 4) is 0 Å². The van der Waals surface area contributed by atoms with Gasteiger partial charge in [-0.15, -0.1) is 0 Å². The van der Waals surface area contributed by atoms with E-state index in [-0.39, 0.29) is 18.2 Å². The summed E-state index contributed by atoms with van der Waals surface area (Å²) in [5.74, 6) is -2.70. The second-order valence-corrected chi connectivity index (χ2v) is 7.81. The van der Waals surface area contributed by atoms with E-state index in [4.69, 9.17) is 35.3 Å². The van der Waals surface area contributed by atoms with Crippen molar-refractivity contribution in [3.63, 3.8) is 0 Å². The maximum absolute atomic E-state index is 11.9. The highest BCUT2D eigenvalue weighted by atomic mass is 35.5. The van der Waals surface area contributed by atoms with E-state index >= 15 is 0 Å². The van der Waals surface area contributed by atoms with Gasteiger partial charge in [0.2, 0.25) is 0 Å². The summed E-state index contributed by atoms with van der Waals surface area (Å²) in [6, 6.07) is 0. The van der Waals surface area contributed by atoms with E-state index in [1.54, 1.807) is 0 Å². The van der Waals surface area contributed by atoms with E-state index in [1.807, 2.05) is 0 Å². The van der Waals surface area contributed by atoms with Gasteiger partial charge < -0.3 is 23.7 Å². The molecule has 2 aromatic heterocycles. The minimum atomic E-state index is -1.27. The lowest BCUT2D eigenvalue weighted by Gasteiger charge is -2.32. The van der Waals surface area contributed by atoms with Gasteiger partial charge in [-0.2, -0.15) is 0 Å². The number of ether oxygens (including phenoxy) is 5. The standard InChI is InChI=1S/C20H23ClN4O9/c1-9(26)30-6-14-18(33-12(4)29)17(32-11(3)28)13(31-10(2)27)5-15(34-14)25-8-24-16-19(21)22-7-23-20(16)25/h7-8,13-15,17-18H,5-6H2,1-4H3/t13-,14+,15-,17-,18+/m0/s1. The quantitative estimate of drug-likeness (QED) is 0.318. The molecule has 5 atom stereocenters. The predicted octanol–water partition coefficient (Wildman–Crippen LogP) is 1.13. The van der Waals surface area contributed by atoms with Gasteiger partial charge in [-0.3, -0.25) is 23.7 Å². The number of halogens is 1. The smallest absolute Gasteiger partial charge is 0.303 e. The number of aromatic nitrogens is 4. The molecule has 0 amide bonds. The zero-order chi connectivity index (χ0) is 25.0. The van der Waals surface area contributed by atoms with Crippen LogP contribution in [0.25, 0.3) is 11.2 Å². The van der Waals surface area contributed by atoms with Crippen LogP contribution in [0.2, 0.25) is 5.15 Å². The highest BCUT2D eigenvalue weighted by Gasteiger charge is 2.48. The molecule has 0 N–H and O–H groups in total. The molecule has 3 rings (SSSR count). The number of carbonyl (C=O) groups is 4. The monoisotopic (exact) mass is 498 g/mol. The van der Waals surface area contributed by atoms with Gasteiger partial charge in [0, 0.05) is 34.1 Å². The van der Waals surface area contributed by atoms with Crippen molar-refractivity contribution in [2.75, 3.05) is 6.61 Å². The Hall–Kier alpha value is -3.32. The molecule has 14 heteroatoms. The van der Waals surface area contributed by atoms with Crippen molar-refractivity contribution in [1.29, 1.82) is 0 Å². The molecule has 0 saturated carbocycles. The van der Waals surface area contributed by atoms with Gasteiger partial charge in [0.25, 0.3) is 0 Å². The van der Waals surface area contributed by atoms with Crippen LogP contribution in [0.4, 0.5) is 0 Å². The third-order valence-corrected chi connectivity index (χ3v) is 5.10. The fraction of sp³-hybridized carbons (Fsp3) is 0.550. The third-order valence-electron chi connectivity index (χ3n) is 4.82. The van der Waals surface area contributed by atoms with E-state index in [1.165, 1.54) is 31.1 Å². The van der Waals surface area contributed by atoms with Crippen LogP contribution < -0.4 is 0 Å². The Bertz CT molecular complexity index is 1090. The Kier molecular flexibility index (Phi) is 7.99. The van der Waals surface area contributed by atoms with Crippen LogP contribution in [0, 0.1) is 0 Å². The Morgan fingerprint density at radius 2 is 1.62 bits per heavy atom. The van der Waals surface area contributed by atoms with Crippen LogP contribution in [0.5, 0.6) is 0 Å². The highest BCUT2D eigenvalue weighted by Crippen LogP contribution is 2.34. The summed E-state index contributed by atoms with van der Waals surface area (Å²) in [7, 11) is 0. The maximum Gasteiger partial charge on any atom is 0.303 e. The lowest BCUT2D eigenvalue weighted by atomic mass is 10.0. The average molecular weight is 499 g/mol. The molecule has 0 bridgehead atoms. The van der Waals surface area contributed by atoms with E-state index in [2.05, 4.69) is 15.0 Å². The minimum absolute atomic E-state index is 0.0566. The zero-order valence-electron chi connectivity index (χ0n) is 18.8. The van der Waals surface area contributed by atoms with Crippen molar-refractivity contribution in [2.45, 2.75) is 64.8 Å². The largest absolute Gasteiger partial charge is 0.463 e. The van der Waals surface area contributed by atoms with Gasteiger partial charge in [0.05, 0.1) is 6.33 Å². The summed E-state index contributed by atoms with van der Waals surface area (Å²) < 4.78 is 29.1. The molecule has 2 aromatic rings. The van der Waals surface area contributed by atoms with Crippen LogP contribution in [0.3, 0.4) is 0 Å². The van der Waals surface area contributed by atoms with Crippen LogP contribution in [-0.2, 0) is 42.9 Å². The number of fused-ring (bicyclic) bond motifs is 1. The number of esters is 4. The highest BCUT2D eigenvalue weighted by molar-refractivity contribution is 6.33. The number of hydrogen-bond acceptors (Lipinski definition) is 12. The average Bonchev–Trinajstić information content (AvgIpc) is 3.12. The van der Waals surface area contributed by atoms with Crippen LogP contribution in [0.1, 0.15) is 40.3 Å². The molecule has 0 spiro atoms.